The van der Waals surface area contributed by atoms with E-state index in [1.54, 1.807) is 19.0 Å². The highest BCUT2D eigenvalue weighted by Crippen LogP contribution is 2.03. The fourth-order valence-electron chi connectivity index (χ4n) is 0.688. The Morgan fingerprint density at radius 3 is 2.77 bits per heavy atom. The van der Waals surface area contributed by atoms with E-state index < -0.39 is 5.97 Å². The summed E-state index contributed by atoms with van der Waals surface area (Å²) in [5, 5.41) is 7.15. The van der Waals surface area contributed by atoms with Gasteiger partial charge < -0.3 is 9.64 Å². The van der Waals surface area contributed by atoms with Gasteiger partial charge in [0.1, 0.15) is 0 Å². The molecule has 6 heteroatoms. The maximum absolute atomic E-state index is 11.0. The molecule has 1 rings (SSSR count). The number of ether oxygens (including phenoxy) is 1. The highest BCUT2D eigenvalue weighted by atomic mass is 16.5. The van der Waals surface area contributed by atoms with Gasteiger partial charge in [-0.25, -0.2) is 9.78 Å². The third-order valence-electron chi connectivity index (χ3n) is 1.37. The number of hydrogen-bond donors (Lipinski definition) is 0. The second kappa shape index (κ2) is 3.79. The molecule has 0 aliphatic rings. The van der Waals surface area contributed by atoms with Gasteiger partial charge in [-0.3, -0.25) is 0 Å². The van der Waals surface area contributed by atoms with Crippen LogP contribution in [0, 0.1) is 0 Å². The Morgan fingerprint density at radius 1 is 1.54 bits per heavy atom. The van der Waals surface area contributed by atoms with Crippen molar-refractivity contribution in [1.82, 2.24) is 15.2 Å². The number of anilines is 1. The summed E-state index contributed by atoms with van der Waals surface area (Å²) >= 11 is 0. The lowest BCUT2D eigenvalue weighted by Gasteiger charge is -2.09. The van der Waals surface area contributed by atoms with Crippen LogP contribution in [0.25, 0.3) is 0 Å². The lowest BCUT2D eigenvalue weighted by atomic mass is 10.6. The highest BCUT2D eigenvalue weighted by molar-refractivity contribution is 5.85. The third kappa shape index (κ3) is 2.11. The number of methoxy groups -OCH3 is 1. The quantitative estimate of drug-likeness (QED) is 0.586. The van der Waals surface area contributed by atoms with Crippen molar-refractivity contribution in [2.45, 2.75) is 0 Å². The Bertz CT molecular complexity index is 313. The number of carbonyl (C=O) groups excluding carboxylic acids is 1. The predicted octanol–water partition coefficient (Wildman–Crippen LogP) is -0.276. The highest BCUT2D eigenvalue weighted by Gasteiger charge is 2.10. The Kier molecular flexibility index (Phi) is 2.73. The van der Waals surface area contributed by atoms with Gasteiger partial charge in [-0.1, -0.05) is 0 Å². The average Bonchev–Trinajstić information content (AvgIpc) is 2.17. The normalized spacial score (nSPS) is 9.46. The molecule has 1 aromatic rings. The van der Waals surface area contributed by atoms with E-state index in [1.807, 2.05) is 0 Å². The van der Waals surface area contributed by atoms with E-state index in [0.29, 0.717) is 5.82 Å². The van der Waals surface area contributed by atoms with E-state index in [4.69, 9.17) is 0 Å². The summed E-state index contributed by atoms with van der Waals surface area (Å²) < 4.78 is 4.45. The molecule has 6 nitrogen and oxygen atoms in total. The number of nitrogens with zero attached hydrogens (tertiary/aromatic N) is 4. The van der Waals surface area contributed by atoms with Crippen LogP contribution in [-0.4, -0.2) is 42.4 Å². The van der Waals surface area contributed by atoms with E-state index >= 15 is 0 Å². The zero-order chi connectivity index (χ0) is 9.84. The second-order valence-corrected chi connectivity index (χ2v) is 2.52. The molecule has 0 aliphatic heterocycles. The zero-order valence-electron chi connectivity index (χ0n) is 7.68. The lowest BCUT2D eigenvalue weighted by molar-refractivity contribution is 0.0585. The van der Waals surface area contributed by atoms with Crippen LogP contribution in [0.2, 0.25) is 0 Å². The molecule has 0 aromatic carbocycles. The lowest BCUT2D eigenvalue weighted by Crippen LogP contribution is -2.15. The molecule has 0 atom stereocenters. The Balaban J connectivity index is 2.98. The van der Waals surface area contributed by atoms with Gasteiger partial charge in [-0.05, 0) is 0 Å². The van der Waals surface area contributed by atoms with E-state index in [1.165, 1.54) is 13.3 Å². The van der Waals surface area contributed by atoms with Crippen molar-refractivity contribution in [2.75, 3.05) is 26.1 Å². The van der Waals surface area contributed by atoms with Crippen molar-refractivity contribution >= 4 is 11.8 Å². The zero-order valence-corrected chi connectivity index (χ0v) is 7.68. The molecule has 1 heterocycles. The fraction of sp³-hybridized carbons (Fsp3) is 0.429. The van der Waals surface area contributed by atoms with Gasteiger partial charge in [-0.15, -0.1) is 5.10 Å². The summed E-state index contributed by atoms with van der Waals surface area (Å²) in [5.41, 5.74) is 0. The van der Waals surface area contributed by atoms with E-state index in [9.17, 15) is 4.79 Å². The first-order valence-electron chi connectivity index (χ1n) is 3.60. The first kappa shape index (κ1) is 9.37. The number of carbonyl (C=O) groups is 1. The van der Waals surface area contributed by atoms with E-state index in [-0.39, 0.29) is 5.82 Å². The largest absolute Gasteiger partial charge is 0.463 e. The SMILES string of the molecule is COC(=O)c1nncc(N(C)C)n1. The summed E-state index contributed by atoms with van der Waals surface area (Å²) in [6.45, 7) is 0. The standard InChI is InChI=1S/C7H10N4O2/c1-11(2)5-4-8-10-6(9-5)7(12)13-3/h4H,1-3H3. The molecule has 0 spiro atoms. The number of rotatable bonds is 2. The molecule has 0 N–H and O–H groups in total. The van der Waals surface area contributed by atoms with Crippen molar-refractivity contribution in [1.29, 1.82) is 0 Å². The van der Waals surface area contributed by atoms with Gasteiger partial charge in [0.25, 0.3) is 5.82 Å². The number of aromatic nitrogens is 3. The average molecular weight is 182 g/mol. The van der Waals surface area contributed by atoms with Crippen LogP contribution in [-0.2, 0) is 4.74 Å². The molecule has 0 saturated carbocycles. The molecule has 0 unspecified atom stereocenters. The van der Waals surface area contributed by atoms with Crippen molar-refractivity contribution in [2.24, 2.45) is 0 Å². The molecular weight excluding hydrogens is 172 g/mol. The second-order valence-electron chi connectivity index (χ2n) is 2.52. The van der Waals surface area contributed by atoms with Crippen LogP contribution in [0.5, 0.6) is 0 Å². The molecule has 0 amide bonds. The van der Waals surface area contributed by atoms with E-state index in [0.717, 1.165) is 0 Å². The topological polar surface area (TPSA) is 68.2 Å². The smallest absolute Gasteiger partial charge is 0.378 e. The molecule has 70 valence electrons. The maximum atomic E-state index is 11.0. The van der Waals surface area contributed by atoms with Crippen molar-refractivity contribution in [3.8, 4) is 0 Å². The van der Waals surface area contributed by atoms with Gasteiger partial charge in [0.05, 0.1) is 13.3 Å². The van der Waals surface area contributed by atoms with Crippen LogP contribution in [0.15, 0.2) is 6.20 Å². The van der Waals surface area contributed by atoms with Crippen LogP contribution >= 0.6 is 0 Å². The number of esters is 1. The summed E-state index contributed by atoms with van der Waals surface area (Å²) in [7, 11) is 4.87. The fourth-order valence-corrected chi connectivity index (χ4v) is 0.688. The molecule has 0 bridgehead atoms. The molecule has 1 aromatic heterocycles. The Morgan fingerprint density at radius 2 is 2.23 bits per heavy atom. The van der Waals surface area contributed by atoms with Crippen LogP contribution in [0.3, 0.4) is 0 Å². The summed E-state index contributed by atoms with van der Waals surface area (Å²) in [4.78, 5) is 16.6. The minimum absolute atomic E-state index is 0.0336. The van der Waals surface area contributed by atoms with Crippen LogP contribution in [0.4, 0.5) is 5.82 Å². The third-order valence-corrected chi connectivity index (χ3v) is 1.37. The van der Waals surface area contributed by atoms with Gasteiger partial charge in [0, 0.05) is 14.1 Å². The minimum Gasteiger partial charge on any atom is -0.463 e. The maximum Gasteiger partial charge on any atom is 0.378 e. The molecule has 0 aliphatic carbocycles. The van der Waals surface area contributed by atoms with E-state index in [2.05, 4.69) is 19.9 Å². The molecule has 0 saturated heterocycles. The first-order chi connectivity index (χ1) is 6.15. The predicted molar refractivity (Wildman–Crippen MR) is 45.5 cm³/mol. The van der Waals surface area contributed by atoms with Gasteiger partial charge >= 0.3 is 5.97 Å². The monoisotopic (exact) mass is 182 g/mol. The van der Waals surface area contributed by atoms with Gasteiger partial charge in [0.15, 0.2) is 5.82 Å². The summed E-state index contributed by atoms with van der Waals surface area (Å²) in [6.07, 6.45) is 1.46. The summed E-state index contributed by atoms with van der Waals surface area (Å²) in [6, 6.07) is 0. The first-order valence-corrected chi connectivity index (χ1v) is 3.60. The number of hydrogen-bond acceptors (Lipinski definition) is 6. The Hall–Kier alpha value is -1.72. The molecular formula is C7H10N4O2. The van der Waals surface area contributed by atoms with Gasteiger partial charge in [0.2, 0.25) is 0 Å². The van der Waals surface area contributed by atoms with Crippen LogP contribution in [0.1, 0.15) is 10.6 Å². The van der Waals surface area contributed by atoms with Crippen molar-refractivity contribution in [3.05, 3.63) is 12.0 Å². The molecule has 0 radical (unpaired) electrons. The van der Waals surface area contributed by atoms with Crippen molar-refractivity contribution < 1.29 is 9.53 Å². The molecule has 0 fully saturated rings. The van der Waals surface area contributed by atoms with Gasteiger partial charge in [-0.2, -0.15) is 5.10 Å². The minimum atomic E-state index is -0.587. The Labute approximate surface area is 75.6 Å². The van der Waals surface area contributed by atoms with Crippen molar-refractivity contribution in [3.63, 3.8) is 0 Å². The molecule has 13 heavy (non-hydrogen) atoms. The van der Waals surface area contributed by atoms with Crippen LogP contribution < -0.4 is 4.90 Å². The summed E-state index contributed by atoms with van der Waals surface area (Å²) in [5.74, 6) is -0.0553.